The molecule has 0 fully saturated rings. The van der Waals surface area contributed by atoms with Crippen LogP contribution in [0.2, 0.25) is 0 Å². The Morgan fingerprint density at radius 3 is 2.92 bits per heavy atom. The second kappa shape index (κ2) is 6.07. The van der Waals surface area contributed by atoms with Gasteiger partial charge in [0, 0.05) is 25.8 Å². The minimum absolute atomic E-state index is 0.889. The highest BCUT2D eigenvalue weighted by Crippen LogP contribution is 2.23. The third-order valence-electron chi connectivity index (χ3n) is 4.91. The number of aryl methyl sites for hydroxylation is 1. The van der Waals surface area contributed by atoms with Gasteiger partial charge in [-0.15, -0.1) is 0 Å². The first-order chi connectivity index (χ1) is 12.8. The fourth-order valence-corrected chi connectivity index (χ4v) is 3.68. The van der Waals surface area contributed by atoms with E-state index in [9.17, 15) is 0 Å². The summed E-state index contributed by atoms with van der Waals surface area (Å²) in [5, 5.41) is 4.73. The minimum Gasteiger partial charge on any atom is -0.342 e. The van der Waals surface area contributed by atoms with E-state index in [-0.39, 0.29) is 0 Å². The van der Waals surface area contributed by atoms with Crippen LogP contribution in [-0.4, -0.2) is 36.2 Å². The molecule has 5 rings (SSSR count). The zero-order valence-corrected chi connectivity index (χ0v) is 14.7. The fraction of sp³-hybridized carbons (Fsp3) is 0.250. The molecule has 4 heterocycles. The zero-order valence-electron chi connectivity index (χ0n) is 14.7. The number of aromatic amines is 1. The summed E-state index contributed by atoms with van der Waals surface area (Å²) in [6.45, 7) is 5.67. The number of H-pyrrole nitrogens is 1. The van der Waals surface area contributed by atoms with Crippen molar-refractivity contribution in [2.24, 2.45) is 0 Å². The molecule has 0 amide bonds. The molecule has 6 heteroatoms. The Morgan fingerprint density at radius 1 is 1.08 bits per heavy atom. The lowest BCUT2D eigenvalue weighted by atomic mass is 10.1. The predicted molar refractivity (Wildman–Crippen MR) is 100 cm³/mol. The Balaban J connectivity index is 1.39. The van der Waals surface area contributed by atoms with E-state index in [1.54, 1.807) is 0 Å². The van der Waals surface area contributed by atoms with E-state index in [1.807, 2.05) is 31.3 Å². The number of nitrogens with zero attached hydrogens (tertiary/aromatic N) is 5. The first-order valence-corrected chi connectivity index (χ1v) is 8.91. The van der Waals surface area contributed by atoms with Crippen LogP contribution in [0.3, 0.4) is 0 Å². The molecule has 3 aromatic heterocycles. The van der Waals surface area contributed by atoms with E-state index in [4.69, 9.17) is 5.10 Å². The predicted octanol–water partition coefficient (Wildman–Crippen LogP) is 3.15. The summed E-state index contributed by atoms with van der Waals surface area (Å²) in [5.74, 6) is 0.962. The van der Waals surface area contributed by atoms with Gasteiger partial charge in [-0.25, -0.2) is 4.98 Å². The molecule has 0 radical (unpaired) electrons. The molecule has 4 aromatic rings. The molecule has 0 saturated heterocycles. The van der Waals surface area contributed by atoms with Gasteiger partial charge in [-0.2, -0.15) is 5.10 Å². The van der Waals surface area contributed by atoms with Crippen LogP contribution < -0.4 is 0 Å². The summed E-state index contributed by atoms with van der Waals surface area (Å²) < 4.78 is 2.11. The molecular formula is C20H20N6. The highest BCUT2D eigenvalue weighted by molar-refractivity contribution is 5.78. The Morgan fingerprint density at radius 2 is 2.04 bits per heavy atom. The van der Waals surface area contributed by atoms with Crippen LogP contribution in [0.15, 0.2) is 48.7 Å². The molecule has 1 aliphatic heterocycles. The van der Waals surface area contributed by atoms with Crippen LogP contribution in [-0.2, 0) is 19.6 Å². The summed E-state index contributed by atoms with van der Waals surface area (Å²) in [7, 11) is 0. The molecule has 0 spiro atoms. The number of pyridine rings is 1. The van der Waals surface area contributed by atoms with Gasteiger partial charge in [-0.3, -0.25) is 14.6 Å². The first kappa shape index (κ1) is 15.3. The highest BCUT2D eigenvalue weighted by Gasteiger charge is 2.20. The molecule has 0 unspecified atom stereocenters. The van der Waals surface area contributed by atoms with Crippen molar-refractivity contribution < 1.29 is 0 Å². The topological polar surface area (TPSA) is 62.6 Å². The number of rotatable bonds is 3. The maximum atomic E-state index is 4.73. The van der Waals surface area contributed by atoms with E-state index in [0.29, 0.717) is 0 Å². The van der Waals surface area contributed by atoms with Crippen molar-refractivity contribution in [1.82, 2.24) is 29.6 Å². The van der Waals surface area contributed by atoms with Crippen LogP contribution in [0.1, 0.15) is 17.1 Å². The quantitative estimate of drug-likeness (QED) is 0.620. The van der Waals surface area contributed by atoms with E-state index in [2.05, 4.69) is 48.8 Å². The van der Waals surface area contributed by atoms with Gasteiger partial charge >= 0.3 is 0 Å². The third kappa shape index (κ3) is 2.68. The van der Waals surface area contributed by atoms with Gasteiger partial charge in [0.15, 0.2) is 0 Å². The Hall–Kier alpha value is -2.99. The van der Waals surface area contributed by atoms with E-state index >= 15 is 0 Å². The maximum Gasteiger partial charge on any atom is 0.111 e. The molecule has 1 N–H and O–H groups in total. The molecule has 0 bridgehead atoms. The molecule has 0 saturated carbocycles. The van der Waals surface area contributed by atoms with Gasteiger partial charge in [0.2, 0.25) is 0 Å². The lowest BCUT2D eigenvalue weighted by molar-refractivity contribution is 0.206. The monoisotopic (exact) mass is 344 g/mol. The van der Waals surface area contributed by atoms with E-state index in [1.165, 1.54) is 11.3 Å². The van der Waals surface area contributed by atoms with Crippen molar-refractivity contribution in [2.45, 2.75) is 26.6 Å². The molecule has 0 aliphatic carbocycles. The second-order valence-corrected chi connectivity index (χ2v) is 6.81. The van der Waals surface area contributed by atoms with Crippen LogP contribution in [0.25, 0.3) is 22.4 Å². The maximum absolute atomic E-state index is 4.73. The van der Waals surface area contributed by atoms with Gasteiger partial charge in [0.05, 0.1) is 29.0 Å². The normalized spacial score (nSPS) is 14.7. The van der Waals surface area contributed by atoms with Crippen LogP contribution >= 0.6 is 0 Å². The smallest absolute Gasteiger partial charge is 0.111 e. The Labute approximate surface area is 151 Å². The number of imidazole rings is 1. The molecule has 26 heavy (non-hydrogen) atoms. The Bertz CT molecular complexity index is 1060. The first-order valence-electron chi connectivity index (χ1n) is 8.91. The number of hydrogen-bond acceptors (Lipinski definition) is 4. The van der Waals surface area contributed by atoms with Crippen molar-refractivity contribution >= 4 is 11.0 Å². The van der Waals surface area contributed by atoms with Crippen LogP contribution in [0, 0.1) is 6.92 Å². The summed E-state index contributed by atoms with van der Waals surface area (Å²) in [4.78, 5) is 14.9. The third-order valence-corrected chi connectivity index (χ3v) is 4.91. The van der Waals surface area contributed by atoms with Gasteiger partial charge < -0.3 is 4.98 Å². The summed E-state index contributed by atoms with van der Waals surface area (Å²) in [6.07, 6.45) is 1.81. The zero-order chi connectivity index (χ0) is 17.5. The van der Waals surface area contributed by atoms with Crippen molar-refractivity contribution in [3.05, 3.63) is 65.7 Å². The highest BCUT2D eigenvalue weighted by atomic mass is 15.3. The van der Waals surface area contributed by atoms with Crippen LogP contribution in [0.4, 0.5) is 0 Å². The number of para-hydroxylation sites is 1. The number of hydrogen-bond donors (Lipinski definition) is 1. The van der Waals surface area contributed by atoms with Crippen molar-refractivity contribution in [3.63, 3.8) is 0 Å². The summed E-state index contributed by atoms with van der Waals surface area (Å²) >= 11 is 0. The molecule has 0 atom stereocenters. The van der Waals surface area contributed by atoms with Gasteiger partial charge in [-0.1, -0.05) is 18.2 Å². The number of aromatic nitrogens is 5. The van der Waals surface area contributed by atoms with Crippen molar-refractivity contribution in [3.8, 4) is 11.4 Å². The second-order valence-electron chi connectivity index (χ2n) is 6.81. The molecule has 6 nitrogen and oxygen atoms in total. The van der Waals surface area contributed by atoms with Gasteiger partial charge in [0.1, 0.15) is 11.5 Å². The molecule has 1 aliphatic rings. The fourth-order valence-electron chi connectivity index (χ4n) is 3.68. The van der Waals surface area contributed by atoms with Crippen molar-refractivity contribution in [1.29, 1.82) is 0 Å². The molecular weight excluding hydrogens is 324 g/mol. The average molecular weight is 344 g/mol. The molecule has 130 valence electrons. The van der Waals surface area contributed by atoms with Gasteiger partial charge in [-0.05, 0) is 36.8 Å². The van der Waals surface area contributed by atoms with E-state index < -0.39 is 0 Å². The number of fused-ring (bicyclic) bond motifs is 2. The summed E-state index contributed by atoms with van der Waals surface area (Å²) in [6, 6.07) is 14.5. The number of benzene rings is 1. The lowest BCUT2D eigenvalue weighted by Gasteiger charge is -2.27. The average Bonchev–Trinajstić information content (AvgIpc) is 3.25. The summed E-state index contributed by atoms with van der Waals surface area (Å²) in [5.41, 5.74) is 6.58. The van der Waals surface area contributed by atoms with Crippen molar-refractivity contribution in [2.75, 3.05) is 6.54 Å². The molecule has 1 aromatic carbocycles. The largest absolute Gasteiger partial charge is 0.342 e. The van der Waals surface area contributed by atoms with E-state index in [0.717, 1.165) is 54.4 Å². The Kier molecular flexibility index (Phi) is 3.57. The SMILES string of the molecule is Cc1nc2c(CN3CCn4nc(-c5ccccn5)cc4C3)cccc2[nH]1. The number of nitrogens with one attached hydrogen (secondary N) is 1. The lowest BCUT2D eigenvalue weighted by Crippen LogP contribution is -2.33. The minimum atomic E-state index is 0.889. The van der Waals surface area contributed by atoms with Crippen LogP contribution in [0.5, 0.6) is 0 Å². The standard InChI is InChI=1S/C20H20N6/c1-14-22-18-7-4-5-15(20(18)23-14)12-25-9-10-26-16(13-25)11-19(24-26)17-6-2-3-8-21-17/h2-8,11H,9-10,12-13H2,1H3,(H,22,23). The van der Waals surface area contributed by atoms with Gasteiger partial charge in [0.25, 0.3) is 0 Å².